The number of aryl methyl sites for hydroxylation is 1. The number of nitrogens with zero attached hydrogens (tertiary/aromatic N) is 4. The third kappa shape index (κ3) is 4.77. The lowest BCUT2D eigenvalue weighted by Crippen LogP contribution is -2.37. The monoisotopic (exact) mass is 468 g/mol. The van der Waals surface area contributed by atoms with Gasteiger partial charge < -0.3 is 15.2 Å². The highest BCUT2D eigenvalue weighted by atomic mass is 16.2. The second kappa shape index (κ2) is 9.66. The molecule has 8 nitrogen and oxygen atoms in total. The Bertz CT molecular complexity index is 1420. The molecule has 0 bridgehead atoms. The highest BCUT2D eigenvalue weighted by molar-refractivity contribution is 5.94. The largest absolute Gasteiger partial charge is 0.343 e. The highest BCUT2D eigenvalue weighted by Gasteiger charge is 2.23. The molecular formula is C27H28N6O2. The van der Waals surface area contributed by atoms with Gasteiger partial charge in [-0.05, 0) is 60.9 Å². The summed E-state index contributed by atoms with van der Waals surface area (Å²) in [6.07, 6.45) is 7.51. The molecule has 3 aromatic heterocycles. The smallest absolute Gasteiger partial charge is 0.259 e. The molecule has 0 spiro atoms. The maximum Gasteiger partial charge on any atom is 0.259 e. The van der Waals surface area contributed by atoms with E-state index >= 15 is 0 Å². The minimum absolute atomic E-state index is 0.204. The minimum atomic E-state index is -0.204. The number of carbonyl (C=O) groups is 1. The Morgan fingerprint density at radius 1 is 1.09 bits per heavy atom. The zero-order valence-corrected chi connectivity index (χ0v) is 19.9. The molecule has 0 atom stereocenters. The quantitative estimate of drug-likeness (QED) is 0.445. The van der Waals surface area contributed by atoms with Crippen LogP contribution in [-0.2, 0) is 4.79 Å². The van der Waals surface area contributed by atoms with Gasteiger partial charge in [0.25, 0.3) is 5.56 Å². The molecule has 1 aliphatic heterocycles. The van der Waals surface area contributed by atoms with Crippen LogP contribution >= 0.6 is 0 Å². The van der Waals surface area contributed by atoms with Gasteiger partial charge in [-0.1, -0.05) is 19.1 Å². The van der Waals surface area contributed by atoms with Gasteiger partial charge in [0.1, 0.15) is 11.5 Å². The lowest BCUT2D eigenvalue weighted by atomic mass is 9.89. The third-order valence-electron chi connectivity index (χ3n) is 6.57. The summed E-state index contributed by atoms with van der Waals surface area (Å²) in [5, 5.41) is 4.61. The average Bonchev–Trinajstić information content (AvgIpc) is 2.88. The zero-order valence-electron chi connectivity index (χ0n) is 19.9. The standard InChI is InChI=1S/C27H28N6O2/c1-3-24(34)33-12-9-19(10-13-33)18-4-6-21(7-5-18)31-26-25-20(8-11-29-27(25)35)14-22(32-26)23-16-28-15-17(2)30-23/h4-8,11,14-16,19H,3,9-10,12-13H2,1-2H3,(H,29,35)(H,31,32). The Balaban J connectivity index is 1.41. The molecular weight excluding hydrogens is 440 g/mol. The summed E-state index contributed by atoms with van der Waals surface area (Å²) < 4.78 is 0. The first kappa shape index (κ1) is 22.7. The molecule has 1 amide bonds. The molecule has 178 valence electrons. The Morgan fingerprint density at radius 3 is 2.57 bits per heavy atom. The molecule has 1 fully saturated rings. The van der Waals surface area contributed by atoms with Crippen molar-refractivity contribution < 1.29 is 4.79 Å². The summed E-state index contributed by atoms with van der Waals surface area (Å²) in [4.78, 5) is 42.8. The summed E-state index contributed by atoms with van der Waals surface area (Å²) in [5.41, 5.74) is 4.00. The van der Waals surface area contributed by atoms with Crippen LogP contribution in [0.2, 0.25) is 0 Å². The van der Waals surface area contributed by atoms with Gasteiger partial charge in [-0.3, -0.25) is 14.6 Å². The van der Waals surface area contributed by atoms with E-state index in [-0.39, 0.29) is 11.5 Å². The van der Waals surface area contributed by atoms with Gasteiger partial charge in [0.2, 0.25) is 5.91 Å². The van der Waals surface area contributed by atoms with Gasteiger partial charge in [-0.15, -0.1) is 0 Å². The summed E-state index contributed by atoms with van der Waals surface area (Å²) in [6.45, 7) is 5.42. The van der Waals surface area contributed by atoms with E-state index in [9.17, 15) is 9.59 Å². The van der Waals surface area contributed by atoms with E-state index in [2.05, 4.69) is 32.4 Å². The molecule has 1 aromatic carbocycles. The van der Waals surface area contributed by atoms with Gasteiger partial charge in [-0.2, -0.15) is 0 Å². The van der Waals surface area contributed by atoms with Gasteiger partial charge in [-0.25, -0.2) is 9.97 Å². The van der Waals surface area contributed by atoms with Gasteiger partial charge >= 0.3 is 0 Å². The fraction of sp³-hybridized carbons (Fsp3) is 0.296. The normalized spacial score (nSPS) is 14.3. The Hall–Kier alpha value is -4.07. The minimum Gasteiger partial charge on any atom is -0.343 e. The van der Waals surface area contributed by atoms with Crippen LogP contribution in [0.25, 0.3) is 22.2 Å². The van der Waals surface area contributed by atoms with E-state index in [0.29, 0.717) is 34.9 Å². The van der Waals surface area contributed by atoms with Crippen LogP contribution in [0, 0.1) is 6.92 Å². The molecule has 4 heterocycles. The summed E-state index contributed by atoms with van der Waals surface area (Å²) in [6, 6.07) is 12.0. The molecule has 8 heteroatoms. The SMILES string of the molecule is CCC(=O)N1CCC(c2ccc(Nc3nc(-c4cncc(C)n4)cc4cc[nH]c(=O)c34)cc2)CC1. The van der Waals surface area contributed by atoms with Crippen molar-refractivity contribution in [2.24, 2.45) is 0 Å². The van der Waals surface area contributed by atoms with Gasteiger partial charge in [0, 0.05) is 37.6 Å². The van der Waals surface area contributed by atoms with Crippen molar-refractivity contribution in [2.75, 3.05) is 18.4 Å². The summed E-state index contributed by atoms with van der Waals surface area (Å²) >= 11 is 0. The second-order valence-corrected chi connectivity index (χ2v) is 8.93. The van der Waals surface area contributed by atoms with Crippen LogP contribution in [0.3, 0.4) is 0 Å². The number of rotatable bonds is 5. The van der Waals surface area contributed by atoms with E-state index < -0.39 is 0 Å². The van der Waals surface area contributed by atoms with Crippen molar-refractivity contribution in [1.29, 1.82) is 0 Å². The van der Waals surface area contributed by atoms with Crippen molar-refractivity contribution in [1.82, 2.24) is 24.8 Å². The number of hydrogen-bond acceptors (Lipinski definition) is 6. The molecule has 2 N–H and O–H groups in total. The van der Waals surface area contributed by atoms with Crippen LogP contribution in [0.1, 0.15) is 43.4 Å². The number of benzene rings is 1. The molecule has 0 aliphatic carbocycles. The molecule has 0 saturated carbocycles. The summed E-state index contributed by atoms with van der Waals surface area (Å²) in [5.74, 6) is 1.15. The molecule has 0 radical (unpaired) electrons. The van der Waals surface area contributed by atoms with Crippen LogP contribution in [0.4, 0.5) is 11.5 Å². The Labute approximate surface area is 203 Å². The fourth-order valence-corrected chi connectivity index (χ4v) is 4.68. The zero-order chi connectivity index (χ0) is 24.4. The van der Waals surface area contributed by atoms with Crippen molar-refractivity contribution in [3.63, 3.8) is 0 Å². The first-order valence-electron chi connectivity index (χ1n) is 12.0. The van der Waals surface area contributed by atoms with E-state index in [1.54, 1.807) is 18.6 Å². The maximum atomic E-state index is 12.7. The fourth-order valence-electron chi connectivity index (χ4n) is 4.68. The number of aromatic amines is 1. The molecule has 5 rings (SSSR count). The van der Waals surface area contributed by atoms with Crippen LogP contribution in [-0.4, -0.2) is 43.8 Å². The number of aromatic nitrogens is 4. The number of hydrogen-bond donors (Lipinski definition) is 2. The number of likely N-dealkylation sites (tertiary alicyclic amines) is 1. The summed E-state index contributed by atoms with van der Waals surface area (Å²) in [7, 11) is 0. The van der Waals surface area contributed by atoms with E-state index in [4.69, 9.17) is 4.98 Å². The topological polar surface area (TPSA) is 104 Å². The van der Waals surface area contributed by atoms with Crippen molar-refractivity contribution in [3.8, 4) is 11.4 Å². The number of H-pyrrole nitrogens is 1. The van der Waals surface area contributed by atoms with Gasteiger partial charge in [0.15, 0.2) is 0 Å². The number of carbonyl (C=O) groups excluding carboxylic acids is 1. The number of nitrogens with one attached hydrogen (secondary N) is 2. The number of fused-ring (bicyclic) bond motifs is 1. The van der Waals surface area contributed by atoms with Gasteiger partial charge in [0.05, 0.1) is 23.0 Å². The lowest BCUT2D eigenvalue weighted by Gasteiger charge is -2.32. The average molecular weight is 469 g/mol. The molecule has 1 aliphatic rings. The van der Waals surface area contributed by atoms with E-state index in [1.165, 1.54) is 5.56 Å². The van der Waals surface area contributed by atoms with Crippen molar-refractivity contribution >= 4 is 28.2 Å². The number of amides is 1. The van der Waals surface area contributed by atoms with E-state index in [0.717, 1.165) is 42.7 Å². The maximum absolute atomic E-state index is 12.7. The van der Waals surface area contributed by atoms with E-state index in [1.807, 2.05) is 43.0 Å². The Kier molecular flexibility index (Phi) is 6.27. The highest BCUT2D eigenvalue weighted by Crippen LogP contribution is 2.31. The third-order valence-corrected chi connectivity index (χ3v) is 6.57. The number of piperidine rings is 1. The molecule has 0 unspecified atom stereocenters. The molecule has 1 saturated heterocycles. The molecule has 4 aromatic rings. The lowest BCUT2D eigenvalue weighted by molar-refractivity contribution is -0.131. The Morgan fingerprint density at radius 2 is 1.86 bits per heavy atom. The number of anilines is 2. The second-order valence-electron chi connectivity index (χ2n) is 8.93. The predicted molar refractivity (Wildman–Crippen MR) is 137 cm³/mol. The predicted octanol–water partition coefficient (Wildman–Crippen LogP) is 4.55. The number of pyridine rings is 2. The van der Waals surface area contributed by atoms with Crippen LogP contribution in [0.15, 0.2) is 59.8 Å². The van der Waals surface area contributed by atoms with Crippen molar-refractivity contribution in [2.45, 2.75) is 39.0 Å². The van der Waals surface area contributed by atoms with Crippen LogP contribution < -0.4 is 10.9 Å². The van der Waals surface area contributed by atoms with Crippen LogP contribution in [0.5, 0.6) is 0 Å². The van der Waals surface area contributed by atoms with Crippen molar-refractivity contribution in [3.05, 3.63) is 76.6 Å². The first-order chi connectivity index (χ1) is 17.0. The molecule has 35 heavy (non-hydrogen) atoms. The first-order valence-corrected chi connectivity index (χ1v) is 12.0.